The smallest absolute Gasteiger partial charge is 0.240 e. The zero-order chi connectivity index (χ0) is 23.8. The van der Waals surface area contributed by atoms with Crippen molar-refractivity contribution in [1.29, 1.82) is 0 Å². The minimum Gasteiger partial charge on any atom is -0.379 e. The van der Waals surface area contributed by atoms with Gasteiger partial charge in [-0.05, 0) is 53.6 Å². The molecule has 1 saturated heterocycles. The second kappa shape index (κ2) is 9.42. The Balaban J connectivity index is 1.72. The summed E-state index contributed by atoms with van der Waals surface area (Å²) in [4.78, 5) is 1.91. The maximum Gasteiger partial charge on any atom is 0.240 e. The molecule has 180 valence electrons. The summed E-state index contributed by atoms with van der Waals surface area (Å²) in [7, 11) is -8.04. The molecular weight excluding hydrogens is 467 g/mol. The molecule has 1 fully saturated rings. The van der Waals surface area contributed by atoms with Gasteiger partial charge in [-0.1, -0.05) is 26.0 Å². The third kappa shape index (κ3) is 5.00. The van der Waals surface area contributed by atoms with Crippen molar-refractivity contribution in [3.8, 4) is 0 Å². The zero-order valence-electron chi connectivity index (χ0n) is 18.8. The van der Waals surface area contributed by atoms with E-state index in [0.29, 0.717) is 49.3 Å². The Morgan fingerprint density at radius 2 is 1.73 bits per heavy atom. The van der Waals surface area contributed by atoms with Crippen molar-refractivity contribution in [2.24, 2.45) is 0 Å². The van der Waals surface area contributed by atoms with E-state index in [1.807, 2.05) is 13.8 Å². The van der Waals surface area contributed by atoms with Gasteiger partial charge in [0.05, 0.1) is 27.9 Å². The van der Waals surface area contributed by atoms with Gasteiger partial charge in [0.2, 0.25) is 19.9 Å². The van der Waals surface area contributed by atoms with Crippen molar-refractivity contribution in [1.82, 2.24) is 9.62 Å². The zero-order valence-corrected chi connectivity index (χ0v) is 20.4. The number of hydrogen-bond donors (Lipinski definition) is 1. The number of halogens is 1. The van der Waals surface area contributed by atoms with Crippen LogP contribution in [0.3, 0.4) is 0 Å². The first-order chi connectivity index (χ1) is 15.6. The van der Waals surface area contributed by atoms with Gasteiger partial charge in [-0.3, -0.25) is 4.90 Å². The largest absolute Gasteiger partial charge is 0.379 e. The van der Waals surface area contributed by atoms with Gasteiger partial charge < -0.3 is 4.74 Å². The van der Waals surface area contributed by atoms with Crippen LogP contribution >= 0.6 is 0 Å². The molecule has 10 heteroatoms. The molecule has 7 nitrogen and oxygen atoms in total. The van der Waals surface area contributed by atoms with Gasteiger partial charge in [0.1, 0.15) is 5.82 Å². The molecule has 1 N–H and O–H groups in total. The van der Waals surface area contributed by atoms with Crippen LogP contribution < -0.4 is 4.72 Å². The van der Waals surface area contributed by atoms with Gasteiger partial charge in [-0.25, -0.2) is 25.9 Å². The number of aryl methyl sites for hydroxylation is 2. The highest BCUT2D eigenvalue weighted by Gasteiger charge is 2.32. The van der Waals surface area contributed by atoms with Gasteiger partial charge in [0.15, 0.2) is 0 Å². The molecule has 2 aromatic carbocycles. The quantitative estimate of drug-likeness (QED) is 0.661. The predicted molar refractivity (Wildman–Crippen MR) is 122 cm³/mol. The number of sulfone groups is 1. The van der Waals surface area contributed by atoms with E-state index in [1.54, 1.807) is 6.07 Å². The Morgan fingerprint density at radius 3 is 2.42 bits per heavy atom. The van der Waals surface area contributed by atoms with Crippen molar-refractivity contribution in [3.63, 3.8) is 0 Å². The lowest BCUT2D eigenvalue weighted by Crippen LogP contribution is -2.41. The lowest BCUT2D eigenvalue weighted by Gasteiger charge is -2.26. The third-order valence-corrected chi connectivity index (χ3v) is 9.64. The van der Waals surface area contributed by atoms with E-state index in [-0.39, 0.29) is 27.1 Å². The molecular formula is C23H29FN2O5S2. The number of rotatable bonds is 6. The molecule has 0 aliphatic carbocycles. The van der Waals surface area contributed by atoms with Crippen LogP contribution in [0.25, 0.3) is 0 Å². The maximum absolute atomic E-state index is 13.9. The summed E-state index contributed by atoms with van der Waals surface area (Å²) in [5, 5.41) is 0. The van der Waals surface area contributed by atoms with Crippen LogP contribution in [0.1, 0.15) is 36.5 Å². The highest BCUT2D eigenvalue weighted by Crippen LogP contribution is 2.37. The highest BCUT2D eigenvalue weighted by atomic mass is 32.2. The normalized spacial score (nSPS) is 18.5. The highest BCUT2D eigenvalue weighted by molar-refractivity contribution is 7.92. The van der Waals surface area contributed by atoms with E-state index < -0.39 is 25.7 Å². The van der Waals surface area contributed by atoms with Crippen LogP contribution in [-0.2, 0) is 37.4 Å². The van der Waals surface area contributed by atoms with Gasteiger partial charge >= 0.3 is 0 Å². The molecule has 2 heterocycles. The molecule has 0 spiro atoms. The lowest BCUT2D eigenvalue weighted by molar-refractivity contribution is 0.0390. The summed E-state index contributed by atoms with van der Waals surface area (Å²) >= 11 is 0. The predicted octanol–water partition coefficient (Wildman–Crippen LogP) is 2.49. The van der Waals surface area contributed by atoms with Crippen molar-refractivity contribution in [2.45, 2.75) is 47.3 Å². The van der Waals surface area contributed by atoms with Crippen LogP contribution in [0.15, 0.2) is 45.0 Å². The first kappa shape index (κ1) is 24.3. The van der Waals surface area contributed by atoms with Crippen LogP contribution in [0.2, 0.25) is 0 Å². The van der Waals surface area contributed by atoms with Crippen molar-refractivity contribution in [2.75, 3.05) is 39.4 Å². The summed E-state index contributed by atoms with van der Waals surface area (Å²) in [6, 6.07) is 6.71. The first-order valence-corrected chi connectivity index (χ1v) is 14.1. The SMILES string of the molecule is CC(C)c1cc2c(cc1S(=O)(=O)NCCN1CCOCC1)S(=O)(=O)c1cc(F)ccc1CC2. The van der Waals surface area contributed by atoms with Crippen LogP contribution in [-0.4, -0.2) is 61.1 Å². The Bertz CT molecular complexity index is 1250. The van der Waals surface area contributed by atoms with Crippen LogP contribution in [0.4, 0.5) is 4.39 Å². The van der Waals surface area contributed by atoms with E-state index in [9.17, 15) is 21.2 Å². The summed E-state index contributed by atoms with van der Waals surface area (Å²) in [5.74, 6) is -0.774. The Labute approximate surface area is 194 Å². The fourth-order valence-corrected chi connectivity index (χ4v) is 7.64. The molecule has 0 bridgehead atoms. The fraction of sp³-hybridized carbons (Fsp3) is 0.478. The van der Waals surface area contributed by atoms with Crippen LogP contribution in [0.5, 0.6) is 0 Å². The van der Waals surface area contributed by atoms with E-state index in [0.717, 1.165) is 19.2 Å². The molecule has 0 amide bonds. The number of morpholine rings is 1. The number of benzene rings is 2. The van der Waals surface area contributed by atoms with Gasteiger partial charge in [-0.15, -0.1) is 0 Å². The Hall–Kier alpha value is -1.85. The van der Waals surface area contributed by atoms with Crippen molar-refractivity contribution >= 4 is 19.9 Å². The van der Waals surface area contributed by atoms with Gasteiger partial charge in [-0.2, -0.15) is 0 Å². The number of nitrogens with zero attached hydrogens (tertiary/aromatic N) is 1. The van der Waals surface area contributed by atoms with Crippen molar-refractivity contribution < 1.29 is 26.0 Å². The number of hydrogen-bond acceptors (Lipinski definition) is 6. The second-order valence-electron chi connectivity index (χ2n) is 8.76. The van der Waals surface area contributed by atoms with Gasteiger partial charge in [0.25, 0.3) is 0 Å². The number of fused-ring (bicyclic) bond motifs is 2. The summed E-state index contributed by atoms with van der Waals surface area (Å²) < 4.78 is 75.3. The number of nitrogens with one attached hydrogen (secondary N) is 1. The lowest BCUT2D eigenvalue weighted by atomic mass is 9.97. The Kier molecular flexibility index (Phi) is 6.93. The molecule has 4 rings (SSSR count). The fourth-order valence-electron chi connectivity index (χ4n) is 4.37. The minimum absolute atomic E-state index is 0.0401. The average molecular weight is 497 g/mol. The molecule has 0 saturated carbocycles. The molecule has 0 atom stereocenters. The van der Waals surface area contributed by atoms with E-state index >= 15 is 0 Å². The minimum atomic E-state index is -4.08. The van der Waals surface area contributed by atoms with Gasteiger partial charge in [0, 0.05) is 26.2 Å². The summed E-state index contributed by atoms with van der Waals surface area (Å²) in [5.41, 5.74) is 1.66. The van der Waals surface area contributed by atoms with E-state index in [2.05, 4.69) is 9.62 Å². The van der Waals surface area contributed by atoms with Crippen LogP contribution in [0, 0.1) is 5.82 Å². The summed E-state index contributed by atoms with van der Waals surface area (Å²) in [6.45, 7) is 7.23. The number of sulfonamides is 1. The maximum atomic E-state index is 13.9. The molecule has 0 unspecified atom stereocenters. The third-order valence-electron chi connectivity index (χ3n) is 6.20. The topological polar surface area (TPSA) is 92.8 Å². The molecule has 2 aromatic rings. The number of ether oxygens (including phenoxy) is 1. The molecule has 2 aliphatic heterocycles. The molecule has 0 aromatic heterocycles. The van der Waals surface area contributed by atoms with E-state index in [4.69, 9.17) is 4.74 Å². The van der Waals surface area contributed by atoms with Crippen molar-refractivity contribution in [3.05, 3.63) is 52.8 Å². The first-order valence-electron chi connectivity index (χ1n) is 11.1. The molecule has 33 heavy (non-hydrogen) atoms. The molecule has 2 aliphatic rings. The van der Waals surface area contributed by atoms with E-state index in [1.165, 1.54) is 18.2 Å². The average Bonchev–Trinajstić information content (AvgIpc) is 2.87. The summed E-state index contributed by atoms with van der Waals surface area (Å²) in [6.07, 6.45) is 0.862. The molecule has 0 radical (unpaired) electrons. The standard InChI is InChI=1S/C23H29FN2O5S2/c1-16(2)20-13-18-4-3-17-5-6-19(24)14-21(17)32(27,28)22(18)15-23(20)33(29,30)25-7-8-26-9-11-31-12-10-26/h5-6,13-16,25H,3-4,7-12H2,1-2H3. The monoisotopic (exact) mass is 496 g/mol. The second-order valence-corrected chi connectivity index (χ2v) is 12.4. The Morgan fingerprint density at radius 1 is 1.06 bits per heavy atom.